The minimum atomic E-state index is -0.0988. The van der Waals surface area contributed by atoms with Crippen molar-refractivity contribution in [2.24, 2.45) is 0 Å². The highest BCUT2D eigenvalue weighted by molar-refractivity contribution is 7.19. The quantitative estimate of drug-likeness (QED) is 0.370. The number of ether oxygens (including phenoxy) is 1. The summed E-state index contributed by atoms with van der Waals surface area (Å²) in [5.41, 5.74) is 9.20. The topological polar surface area (TPSA) is 87.5 Å². The number of aromatic nitrogens is 4. The largest absolute Gasteiger partial charge is 0.380 e. The van der Waals surface area contributed by atoms with Crippen molar-refractivity contribution in [3.8, 4) is 11.3 Å². The molecule has 4 aromatic rings. The number of thiophene rings is 1. The summed E-state index contributed by atoms with van der Waals surface area (Å²) in [5, 5.41) is 9.26. The molecule has 0 unspecified atom stereocenters. The van der Waals surface area contributed by atoms with E-state index in [0.29, 0.717) is 11.8 Å². The molecule has 9 heteroatoms. The molecule has 2 atom stereocenters. The van der Waals surface area contributed by atoms with Gasteiger partial charge >= 0.3 is 0 Å². The van der Waals surface area contributed by atoms with Crippen LogP contribution in [0, 0.1) is 6.92 Å². The molecule has 206 valence electrons. The van der Waals surface area contributed by atoms with E-state index in [4.69, 9.17) is 4.74 Å². The van der Waals surface area contributed by atoms with Gasteiger partial charge in [-0.1, -0.05) is 13.8 Å². The van der Waals surface area contributed by atoms with Gasteiger partial charge in [0, 0.05) is 54.3 Å². The van der Waals surface area contributed by atoms with Crippen LogP contribution in [0.3, 0.4) is 0 Å². The van der Waals surface area contributed by atoms with Crippen LogP contribution in [0.1, 0.15) is 78.5 Å². The molecule has 3 aliphatic rings. The van der Waals surface area contributed by atoms with Gasteiger partial charge in [-0.15, -0.1) is 11.3 Å². The normalized spacial score (nSPS) is 22.1. The van der Waals surface area contributed by atoms with Crippen LogP contribution in [0.25, 0.3) is 27.1 Å². The Kier molecular flexibility index (Phi) is 6.28. The van der Waals surface area contributed by atoms with E-state index in [9.17, 15) is 4.79 Å². The van der Waals surface area contributed by atoms with Crippen LogP contribution in [0.5, 0.6) is 0 Å². The minimum absolute atomic E-state index is 0.0988. The summed E-state index contributed by atoms with van der Waals surface area (Å²) >= 11 is 1.93. The van der Waals surface area contributed by atoms with Crippen molar-refractivity contribution in [3.05, 3.63) is 39.7 Å². The fourth-order valence-electron chi connectivity index (χ4n) is 7.35. The number of piperidine rings is 1. The summed E-state index contributed by atoms with van der Waals surface area (Å²) in [5.74, 6) is 1.14. The first kappa shape index (κ1) is 25.2. The number of likely N-dealkylation sites (tertiary alicyclic amines) is 1. The lowest BCUT2D eigenvalue weighted by atomic mass is 9.89. The number of carbonyl (C=O) groups is 1. The Balaban J connectivity index is 1.18. The molecule has 0 saturated carbocycles. The van der Waals surface area contributed by atoms with Gasteiger partial charge in [0.25, 0.3) is 0 Å². The molecule has 7 rings (SSSR count). The van der Waals surface area contributed by atoms with E-state index in [-0.39, 0.29) is 18.1 Å². The highest BCUT2D eigenvalue weighted by Crippen LogP contribution is 2.47. The first-order chi connectivity index (χ1) is 18.9. The lowest BCUT2D eigenvalue weighted by Gasteiger charge is -2.33. The monoisotopic (exact) mass is 546 g/mol. The second-order valence-corrected chi connectivity index (χ2v) is 13.0. The number of H-pyrrole nitrogens is 1. The first-order valence-electron chi connectivity index (χ1n) is 14.5. The van der Waals surface area contributed by atoms with Gasteiger partial charge < -0.3 is 19.9 Å². The van der Waals surface area contributed by atoms with E-state index >= 15 is 0 Å². The number of aromatic amines is 1. The Bertz CT molecular complexity index is 1560. The average Bonchev–Trinajstić information content (AvgIpc) is 3.76. The summed E-state index contributed by atoms with van der Waals surface area (Å²) < 4.78 is 7.41. The number of pyridine rings is 1. The fourth-order valence-corrected chi connectivity index (χ4v) is 8.74. The molecule has 2 N–H and O–H groups in total. The van der Waals surface area contributed by atoms with Crippen molar-refractivity contribution in [1.29, 1.82) is 0 Å². The third-order valence-electron chi connectivity index (χ3n) is 9.34. The summed E-state index contributed by atoms with van der Waals surface area (Å²) in [7, 11) is 1.73. The zero-order valence-electron chi connectivity index (χ0n) is 23.3. The van der Waals surface area contributed by atoms with Crippen molar-refractivity contribution < 1.29 is 9.53 Å². The van der Waals surface area contributed by atoms with Crippen LogP contribution in [-0.2, 0) is 22.4 Å². The van der Waals surface area contributed by atoms with E-state index in [0.717, 1.165) is 57.4 Å². The summed E-state index contributed by atoms with van der Waals surface area (Å²) in [6.07, 6.45) is 10.2. The number of rotatable bonds is 5. The second-order valence-electron chi connectivity index (χ2n) is 11.9. The van der Waals surface area contributed by atoms with Crippen LogP contribution in [-0.4, -0.2) is 69.3 Å². The van der Waals surface area contributed by atoms with Gasteiger partial charge in [0.05, 0.1) is 17.8 Å². The number of hydrogen-bond donors (Lipinski definition) is 2. The molecule has 0 bridgehead atoms. The molecule has 0 aromatic carbocycles. The smallest absolute Gasteiger partial charge is 0.239 e. The zero-order chi connectivity index (χ0) is 26.8. The highest BCUT2D eigenvalue weighted by Gasteiger charge is 2.35. The average molecular weight is 547 g/mol. The Labute approximate surface area is 233 Å². The molecule has 4 aromatic heterocycles. The number of carbonyl (C=O) groups excluding carboxylic acids is 1. The van der Waals surface area contributed by atoms with Crippen LogP contribution in [0.4, 0.5) is 0 Å². The third-order valence-corrected chi connectivity index (χ3v) is 10.7. The molecule has 8 nitrogen and oxygen atoms in total. The van der Waals surface area contributed by atoms with E-state index in [1.807, 2.05) is 15.9 Å². The Morgan fingerprint density at radius 2 is 2.00 bits per heavy atom. The van der Waals surface area contributed by atoms with Crippen LogP contribution in [0.15, 0.2) is 12.5 Å². The SMILES string of the molecule is CO[C@@H]1CN[C@@H](C(=O)N2CCC(c3sc4[nH]c(-c5cn6ncnc6c6c5CCC6)c(C(C)C)c4c3C)CC2)C1. The van der Waals surface area contributed by atoms with Crippen LogP contribution >= 0.6 is 11.3 Å². The number of hydrogen-bond acceptors (Lipinski definition) is 6. The molecule has 6 heterocycles. The first-order valence-corrected chi connectivity index (χ1v) is 15.3. The predicted molar refractivity (Wildman–Crippen MR) is 155 cm³/mol. The van der Waals surface area contributed by atoms with Gasteiger partial charge in [0.2, 0.25) is 5.91 Å². The maximum Gasteiger partial charge on any atom is 0.239 e. The fraction of sp³-hybridized carbons (Fsp3) is 0.567. The lowest BCUT2D eigenvalue weighted by molar-refractivity contribution is -0.134. The molecular weight excluding hydrogens is 508 g/mol. The Morgan fingerprint density at radius 3 is 2.74 bits per heavy atom. The molecule has 2 fully saturated rings. The predicted octanol–water partition coefficient (Wildman–Crippen LogP) is 4.94. The van der Waals surface area contributed by atoms with Crippen LogP contribution < -0.4 is 5.32 Å². The van der Waals surface area contributed by atoms with E-state index < -0.39 is 0 Å². The molecule has 0 spiro atoms. The number of fused-ring (bicyclic) bond motifs is 4. The third kappa shape index (κ3) is 4.04. The number of amides is 1. The summed E-state index contributed by atoms with van der Waals surface area (Å²) in [6.45, 7) is 9.36. The number of aryl methyl sites for hydroxylation is 2. The molecule has 2 saturated heterocycles. The van der Waals surface area contributed by atoms with E-state index in [1.54, 1.807) is 13.4 Å². The summed E-state index contributed by atoms with van der Waals surface area (Å²) in [4.78, 5) is 26.4. The molecule has 2 aliphatic heterocycles. The maximum atomic E-state index is 13.1. The minimum Gasteiger partial charge on any atom is -0.380 e. The zero-order valence-corrected chi connectivity index (χ0v) is 24.2. The molecule has 1 amide bonds. The molecular formula is C30H38N6O2S. The Morgan fingerprint density at radius 1 is 1.21 bits per heavy atom. The van der Waals surface area contributed by atoms with Gasteiger partial charge in [0.15, 0.2) is 5.65 Å². The van der Waals surface area contributed by atoms with Gasteiger partial charge in [-0.2, -0.15) is 5.10 Å². The van der Waals surface area contributed by atoms with Crippen molar-refractivity contribution in [3.63, 3.8) is 0 Å². The van der Waals surface area contributed by atoms with Crippen molar-refractivity contribution >= 4 is 33.1 Å². The van der Waals surface area contributed by atoms with E-state index in [2.05, 4.69) is 52.3 Å². The second kappa shape index (κ2) is 9.71. The van der Waals surface area contributed by atoms with Gasteiger partial charge in [-0.05, 0) is 74.0 Å². The van der Waals surface area contributed by atoms with E-state index in [1.165, 1.54) is 55.0 Å². The summed E-state index contributed by atoms with van der Waals surface area (Å²) in [6, 6.07) is -0.0988. The molecule has 0 radical (unpaired) electrons. The van der Waals surface area contributed by atoms with Crippen molar-refractivity contribution in [1.82, 2.24) is 29.8 Å². The number of nitrogens with one attached hydrogen (secondary N) is 2. The Hall–Kier alpha value is -2.75. The lowest BCUT2D eigenvalue weighted by Crippen LogP contribution is -2.46. The molecule has 39 heavy (non-hydrogen) atoms. The highest BCUT2D eigenvalue weighted by atomic mass is 32.1. The van der Waals surface area contributed by atoms with Gasteiger partial charge in [0.1, 0.15) is 11.2 Å². The maximum absolute atomic E-state index is 13.1. The standard InChI is InChI=1S/C30H38N6O2S/c1-16(2)24-25-17(3)27(18-8-10-35(11-9-18)30(37)23-12-19(38-4)13-31-23)39-29(25)34-26(24)22-14-36-28(32-15-33-36)21-7-5-6-20(21)22/h14-16,18-19,23,31,34H,5-13H2,1-4H3/t19-,23+/m0/s1. The van der Waals surface area contributed by atoms with Gasteiger partial charge in [-0.25, -0.2) is 9.50 Å². The van der Waals surface area contributed by atoms with Gasteiger partial charge in [-0.3, -0.25) is 4.79 Å². The molecule has 1 aliphatic carbocycles. The number of nitrogens with zero attached hydrogens (tertiary/aromatic N) is 4. The van der Waals surface area contributed by atoms with Crippen molar-refractivity contribution in [2.45, 2.75) is 83.3 Å². The van der Waals surface area contributed by atoms with Crippen LogP contribution in [0.2, 0.25) is 0 Å². The van der Waals surface area contributed by atoms with Crippen molar-refractivity contribution in [2.75, 3.05) is 26.7 Å². The number of methoxy groups -OCH3 is 1.